The molecule has 4 aromatic rings. The number of benzene rings is 3. The lowest BCUT2D eigenvalue weighted by molar-refractivity contribution is -0.123. The molecule has 4 rings (SSSR count). The maximum atomic E-state index is 12.5. The molecule has 0 aliphatic carbocycles. The smallest absolute Gasteiger partial charge is 0.338 e. The van der Waals surface area contributed by atoms with E-state index in [1.165, 1.54) is 13.0 Å². The largest absolute Gasteiger partial charge is 0.497 e. The Balaban J connectivity index is 1.32. The molecule has 0 saturated carbocycles. The van der Waals surface area contributed by atoms with Gasteiger partial charge in [0, 0.05) is 23.2 Å². The van der Waals surface area contributed by atoms with Crippen LogP contribution in [-0.2, 0) is 16.1 Å². The second kappa shape index (κ2) is 10.8. The molecule has 0 aliphatic rings. The van der Waals surface area contributed by atoms with Gasteiger partial charge in [-0.1, -0.05) is 12.1 Å². The minimum Gasteiger partial charge on any atom is -0.497 e. The van der Waals surface area contributed by atoms with Gasteiger partial charge in [0.25, 0.3) is 5.91 Å². The first-order valence-corrected chi connectivity index (χ1v) is 11.2. The summed E-state index contributed by atoms with van der Waals surface area (Å²) < 4.78 is 21.4. The van der Waals surface area contributed by atoms with Crippen LogP contribution in [0, 0.1) is 6.92 Å². The zero-order chi connectivity index (χ0) is 25.7. The number of amides is 1. The van der Waals surface area contributed by atoms with Crippen LogP contribution in [0.1, 0.15) is 28.4 Å². The second-order valence-corrected chi connectivity index (χ2v) is 8.16. The normalized spacial score (nSPS) is 11.5. The molecule has 3 aromatic carbocycles. The van der Waals surface area contributed by atoms with Crippen molar-refractivity contribution in [2.45, 2.75) is 26.6 Å². The van der Waals surface area contributed by atoms with Gasteiger partial charge in [-0.05, 0) is 73.5 Å². The summed E-state index contributed by atoms with van der Waals surface area (Å²) in [5.41, 5.74) is 2.58. The van der Waals surface area contributed by atoms with E-state index in [0.29, 0.717) is 28.3 Å². The minimum atomic E-state index is -0.987. The molecule has 0 aliphatic heterocycles. The Hall–Kier alpha value is -4.59. The van der Waals surface area contributed by atoms with Gasteiger partial charge in [0.1, 0.15) is 23.7 Å². The van der Waals surface area contributed by atoms with E-state index in [-0.39, 0.29) is 6.61 Å². The highest BCUT2D eigenvalue weighted by atomic mass is 16.5. The molecule has 1 N–H and O–H groups in total. The van der Waals surface area contributed by atoms with Gasteiger partial charge in [0.05, 0.1) is 12.7 Å². The summed E-state index contributed by atoms with van der Waals surface area (Å²) in [6, 6.07) is 20.3. The van der Waals surface area contributed by atoms with Crippen molar-refractivity contribution < 1.29 is 28.2 Å². The molecule has 8 heteroatoms. The SMILES string of the molecule is COc1ccc(NC(=O)C(C)OC(=O)c2ccc(COc3ccc4c(C)cc(=O)oc4c3)cc2)cc1. The summed E-state index contributed by atoms with van der Waals surface area (Å²) in [4.78, 5) is 36.5. The summed E-state index contributed by atoms with van der Waals surface area (Å²) in [6.45, 7) is 3.60. The molecule has 1 aromatic heterocycles. The Bertz CT molecular complexity index is 1440. The van der Waals surface area contributed by atoms with E-state index in [1.807, 2.05) is 13.0 Å². The van der Waals surface area contributed by atoms with Crippen LogP contribution in [0.2, 0.25) is 0 Å². The van der Waals surface area contributed by atoms with Gasteiger partial charge in [0.2, 0.25) is 0 Å². The van der Waals surface area contributed by atoms with Crippen LogP contribution in [0.15, 0.2) is 82.0 Å². The number of rotatable bonds is 8. The predicted octanol–water partition coefficient (Wildman–Crippen LogP) is 4.87. The molecular formula is C28H25NO7. The van der Waals surface area contributed by atoms with Gasteiger partial charge >= 0.3 is 11.6 Å². The van der Waals surface area contributed by atoms with Gasteiger partial charge < -0.3 is 23.9 Å². The first-order valence-electron chi connectivity index (χ1n) is 11.2. The number of methoxy groups -OCH3 is 1. The number of ether oxygens (including phenoxy) is 3. The number of hydrogen-bond donors (Lipinski definition) is 1. The van der Waals surface area contributed by atoms with Crippen molar-refractivity contribution in [1.82, 2.24) is 0 Å². The van der Waals surface area contributed by atoms with E-state index in [4.69, 9.17) is 18.6 Å². The fraction of sp³-hybridized carbons (Fsp3) is 0.179. The molecule has 1 atom stereocenters. The highest BCUT2D eigenvalue weighted by Crippen LogP contribution is 2.23. The molecule has 8 nitrogen and oxygen atoms in total. The fourth-order valence-corrected chi connectivity index (χ4v) is 3.50. The third-order valence-electron chi connectivity index (χ3n) is 5.53. The molecule has 36 heavy (non-hydrogen) atoms. The Kier molecular flexibility index (Phi) is 7.34. The quantitative estimate of drug-likeness (QED) is 0.279. The highest BCUT2D eigenvalue weighted by Gasteiger charge is 2.19. The summed E-state index contributed by atoms with van der Waals surface area (Å²) in [7, 11) is 1.56. The molecule has 0 spiro atoms. The van der Waals surface area contributed by atoms with Crippen LogP contribution in [0.4, 0.5) is 5.69 Å². The monoisotopic (exact) mass is 487 g/mol. The van der Waals surface area contributed by atoms with Crippen LogP contribution in [0.3, 0.4) is 0 Å². The number of carbonyl (C=O) groups excluding carboxylic acids is 2. The first-order chi connectivity index (χ1) is 17.3. The molecule has 1 amide bonds. The Morgan fingerprint density at radius 1 is 0.944 bits per heavy atom. The molecule has 1 heterocycles. The Morgan fingerprint density at radius 3 is 2.33 bits per heavy atom. The number of fused-ring (bicyclic) bond motifs is 1. The first kappa shape index (κ1) is 24.5. The maximum Gasteiger partial charge on any atom is 0.338 e. The third-order valence-corrected chi connectivity index (χ3v) is 5.53. The van der Waals surface area contributed by atoms with E-state index >= 15 is 0 Å². The van der Waals surface area contributed by atoms with E-state index in [0.717, 1.165) is 16.5 Å². The van der Waals surface area contributed by atoms with Crippen molar-refractivity contribution in [2.24, 2.45) is 0 Å². The Morgan fingerprint density at radius 2 is 1.64 bits per heavy atom. The van der Waals surface area contributed by atoms with Crippen molar-refractivity contribution in [3.05, 3.63) is 99.9 Å². The molecule has 0 saturated heterocycles. The van der Waals surface area contributed by atoms with E-state index in [1.54, 1.807) is 67.8 Å². The average Bonchev–Trinajstić information content (AvgIpc) is 2.87. The van der Waals surface area contributed by atoms with Crippen LogP contribution < -0.4 is 20.4 Å². The van der Waals surface area contributed by atoms with Crippen LogP contribution >= 0.6 is 0 Å². The van der Waals surface area contributed by atoms with Crippen molar-refractivity contribution in [1.29, 1.82) is 0 Å². The lowest BCUT2D eigenvalue weighted by Crippen LogP contribution is -2.30. The number of anilines is 1. The maximum absolute atomic E-state index is 12.5. The summed E-state index contributed by atoms with van der Waals surface area (Å²) in [5, 5.41) is 3.54. The van der Waals surface area contributed by atoms with E-state index in [9.17, 15) is 14.4 Å². The van der Waals surface area contributed by atoms with Gasteiger partial charge in [-0.25, -0.2) is 9.59 Å². The van der Waals surface area contributed by atoms with Crippen LogP contribution in [-0.4, -0.2) is 25.1 Å². The zero-order valence-corrected chi connectivity index (χ0v) is 20.1. The number of hydrogen-bond acceptors (Lipinski definition) is 7. The summed E-state index contributed by atoms with van der Waals surface area (Å²) in [5.74, 6) is 0.165. The van der Waals surface area contributed by atoms with Crippen LogP contribution in [0.5, 0.6) is 11.5 Å². The molecule has 0 radical (unpaired) electrons. The number of nitrogens with one attached hydrogen (secondary N) is 1. The molecule has 1 unspecified atom stereocenters. The number of carbonyl (C=O) groups is 2. The van der Waals surface area contributed by atoms with Gasteiger partial charge in [-0.15, -0.1) is 0 Å². The average molecular weight is 488 g/mol. The summed E-state index contributed by atoms with van der Waals surface area (Å²) in [6.07, 6.45) is -0.987. The number of esters is 1. The van der Waals surface area contributed by atoms with Crippen molar-refractivity contribution >= 4 is 28.5 Å². The van der Waals surface area contributed by atoms with Crippen molar-refractivity contribution in [3.8, 4) is 11.5 Å². The lowest BCUT2D eigenvalue weighted by atomic mass is 10.1. The van der Waals surface area contributed by atoms with Crippen molar-refractivity contribution in [2.75, 3.05) is 12.4 Å². The Labute approximate surface area is 207 Å². The highest BCUT2D eigenvalue weighted by molar-refractivity contribution is 5.97. The molecular weight excluding hydrogens is 462 g/mol. The van der Waals surface area contributed by atoms with Crippen LogP contribution in [0.25, 0.3) is 11.0 Å². The lowest BCUT2D eigenvalue weighted by Gasteiger charge is -2.14. The topological polar surface area (TPSA) is 104 Å². The second-order valence-electron chi connectivity index (χ2n) is 8.16. The number of aryl methyl sites for hydroxylation is 1. The molecule has 0 fully saturated rings. The fourth-order valence-electron chi connectivity index (χ4n) is 3.50. The summed E-state index contributed by atoms with van der Waals surface area (Å²) >= 11 is 0. The standard InChI is InChI=1S/C28H25NO7/c1-17-14-26(30)36-25-15-23(12-13-24(17)25)34-16-19-4-6-20(7-5-19)28(32)35-18(2)27(31)29-21-8-10-22(33-3)11-9-21/h4-15,18H,16H2,1-3H3,(H,29,31). The van der Waals surface area contributed by atoms with Gasteiger partial charge in [-0.3, -0.25) is 4.79 Å². The van der Waals surface area contributed by atoms with Crippen molar-refractivity contribution in [3.63, 3.8) is 0 Å². The minimum absolute atomic E-state index is 0.248. The molecule has 184 valence electrons. The van der Waals surface area contributed by atoms with E-state index in [2.05, 4.69) is 5.32 Å². The third kappa shape index (κ3) is 5.90. The molecule has 0 bridgehead atoms. The van der Waals surface area contributed by atoms with Gasteiger partial charge in [-0.2, -0.15) is 0 Å². The zero-order valence-electron chi connectivity index (χ0n) is 20.1. The van der Waals surface area contributed by atoms with Gasteiger partial charge in [0.15, 0.2) is 6.10 Å². The van der Waals surface area contributed by atoms with E-state index < -0.39 is 23.6 Å². The predicted molar refractivity (Wildman–Crippen MR) is 134 cm³/mol.